The van der Waals surface area contributed by atoms with Crippen molar-refractivity contribution in [3.05, 3.63) is 98.5 Å². The quantitative estimate of drug-likeness (QED) is 0.284. The number of benzene rings is 2. The van der Waals surface area contributed by atoms with Gasteiger partial charge in [-0.25, -0.2) is 9.07 Å². The molecule has 0 unspecified atom stereocenters. The molecule has 0 amide bonds. The molecule has 0 atom stereocenters. The first-order valence-corrected chi connectivity index (χ1v) is 13.3. The Hall–Kier alpha value is -4.15. The summed E-state index contributed by atoms with van der Waals surface area (Å²) in [5.74, 6) is 0.270. The molecule has 0 bridgehead atoms. The lowest BCUT2D eigenvalue weighted by atomic mass is 10.1. The molecule has 0 radical (unpaired) electrons. The SMILES string of the molecule is CCCOc1ccc(-c2nn(-c3ccccc3)cc2C=c2sc3nc(-c4cccs4)nn3c2=O)cc1F. The van der Waals surface area contributed by atoms with E-state index in [2.05, 4.69) is 10.1 Å². The van der Waals surface area contributed by atoms with E-state index in [4.69, 9.17) is 9.84 Å². The second kappa shape index (κ2) is 9.72. The van der Waals surface area contributed by atoms with E-state index in [-0.39, 0.29) is 11.3 Å². The average molecular weight is 530 g/mol. The van der Waals surface area contributed by atoms with Gasteiger partial charge in [0, 0.05) is 17.3 Å². The maximum Gasteiger partial charge on any atom is 0.291 e. The van der Waals surface area contributed by atoms with Gasteiger partial charge in [-0.3, -0.25) is 4.79 Å². The standard InChI is InChI=1S/C27H20FN5O2S2/c1-2-12-35-21-11-10-17(14-20(21)28)24-18(16-32(30-24)19-7-4-3-5-8-19)15-23-26(34)33-27(37-23)29-25(31-33)22-9-6-13-36-22/h3-11,13-16H,2,12H2,1H3. The molecular formula is C27H20FN5O2S2. The Morgan fingerprint density at radius 3 is 2.68 bits per heavy atom. The fourth-order valence-corrected chi connectivity index (χ4v) is 5.44. The van der Waals surface area contributed by atoms with Gasteiger partial charge < -0.3 is 4.74 Å². The minimum Gasteiger partial charge on any atom is -0.491 e. The van der Waals surface area contributed by atoms with Crippen LogP contribution in [0, 0.1) is 5.82 Å². The van der Waals surface area contributed by atoms with Crippen molar-refractivity contribution >= 4 is 33.7 Å². The number of hydrogen-bond acceptors (Lipinski definition) is 7. The molecule has 4 heterocycles. The summed E-state index contributed by atoms with van der Waals surface area (Å²) in [4.78, 5) is 19.1. The van der Waals surface area contributed by atoms with Crippen molar-refractivity contribution in [3.63, 3.8) is 0 Å². The van der Waals surface area contributed by atoms with Crippen molar-refractivity contribution in [2.45, 2.75) is 13.3 Å². The van der Waals surface area contributed by atoms with Gasteiger partial charge in [-0.05, 0) is 54.3 Å². The molecule has 0 aliphatic heterocycles. The van der Waals surface area contributed by atoms with E-state index in [1.807, 2.05) is 61.0 Å². The van der Waals surface area contributed by atoms with E-state index in [0.717, 1.165) is 17.0 Å². The fraction of sp³-hybridized carbons (Fsp3) is 0.111. The van der Waals surface area contributed by atoms with Crippen LogP contribution in [0.3, 0.4) is 0 Å². The van der Waals surface area contributed by atoms with Crippen LogP contribution in [0.15, 0.2) is 77.0 Å². The molecule has 0 spiro atoms. The Morgan fingerprint density at radius 2 is 1.95 bits per heavy atom. The molecule has 184 valence electrons. The number of hydrogen-bond donors (Lipinski definition) is 0. The van der Waals surface area contributed by atoms with Crippen molar-refractivity contribution in [2.24, 2.45) is 0 Å². The van der Waals surface area contributed by atoms with Gasteiger partial charge in [0.15, 0.2) is 17.4 Å². The molecule has 37 heavy (non-hydrogen) atoms. The van der Waals surface area contributed by atoms with Crippen molar-refractivity contribution < 1.29 is 9.13 Å². The molecule has 0 fully saturated rings. The molecule has 0 N–H and O–H groups in total. The Kier molecular flexibility index (Phi) is 6.11. The molecular weight excluding hydrogens is 509 g/mol. The maximum absolute atomic E-state index is 14.8. The van der Waals surface area contributed by atoms with Gasteiger partial charge in [0.05, 0.1) is 21.7 Å². The van der Waals surface area contributed by atoms with Crippen molar-refractivity contribution in [2.75, 3.05) is 6.61 Å². The molecule has 2 aromatic carbocycles. The van der Waals surface area contributed by atoms with Crippen LogP contribution in [-0.4, -0.2) is 31.0 Å². The highest BCUT2D eigenvalue weighted by Crippen LogP contribution is 2.29. The van der Waals surface area contributed by atoms with Crippen molar-refractivity contribution in [1.29, 1.82) is 0 Å². The molecule has 6 aromatic rings. The summed E-state index contributed by atoms with van der Waals surface area (Å²) in [7, 11) is 0. The second-order valence-corrected chi connectivity index (χ2v) is 10.2. The normalized spacial score (nSPS) is 12.0. The topological polar surface area (TPSA) is 74.3 Å². The minimum absolute atomic E-state index is 0.201. The summed E-state index contributed by atoms with van der Waals surface area (Å²) in [6, 6.07) is 18.3. The van der Waals surface area contributed by atoms with E-state index >= 15 is 0 Å². The second-order valence-electron chi connectivity index (χ2n) is 8.23. The van der Waals surface area contributed by atoms with Crippen molar-refractivity contribution in [1.82, 2.24) is 24.4 Å². The van der Waals surface area contributed by atoms with Crippen LogP contribution in [0.4, 0.5) is 4.39 Å². The number of fused-ring (bicyclic) bond motifs is 1. The van der Waals surface area contributed by atoms with Gasteiger partial charge in [0.25, 0.3) is 5.56 Å². The minimum atomic E-state index is -0.462. The van der Waals surface area contributed by atoms with Crippen LogP contribution < -0.4 is 14.8 Å². The largest absolute Gasteiger partial charge is 0.491 e. The third-order valence-corrected chi connectivity index (χ3v) is 7.47. The van der Waals surface area contributed by atoms with E-state index in [0.29, 0.717) is 38.7 Å². The number of nitrogens with zero attached hydrogens (tertiary/aromatic N) is 5. The predicted molar refractivity (Wildman–Crippen MR) is 144 cm³/mol. The highest BCUT2D eigenvalue weighted by Gasteiger charge is 2.16. The lowest BCUT2D eigenvalue weighted by molar-refractivity contribution is 0.301. The lowest BCUT2D eigenvalue weighted by Gasteiger charge is -2.07. The summed E-state index contributed by atoms with van der Waals surface area (Å²) in [6.45, 7) is 2.40. The highest BCUT2D eigenvalue weighted by molar-refractivity contribution is 7.15. The van der Waals surface area contributed by atoms with Crippen LogP contribution in [0.2, 0.25) is 0 Å². The summed E-state index contributed by atoms with van der Waals surface area (Å²) < 4.78 is 23.8. The van der Waals surface area contributed by atoms with Gasteiger partial charge in [0.2, 0.25) is 4.96 Å². The Morgan fingerprint density at radius 1 is 1.08 bits per heavy atom. The zero-order valence-electron chi connectivity index (χ0n) is 19.7. The van der Waals surface area contributed by atoms with E-state index in [1.54, 1.807) is 22.9 Å². The van der Waals surface area contributed by atoms with E-state index < -0.39 is 5.82 Å². The zero-order chi connectivity index (χ0) is 25.4. The molecule has 10 heteroatoms. The highest BCUT2D eigenvalue weighted by atomic mass is 32.1. The number of thiophene rings is 1. The first-order valence-electron chi connectivity index (χ1n) is 11.6. The van der Waals surface area contributed by atoms with E-state index in [1.165, 1.54) is 33.3 Å². The first kappa shape index (κ1) is 23.3. The van der Waals surface area contributed by atoms with Crippen LogP contribution >= 0.6 is 22.7 Å². The number of halogens is 1. The first-order chi connectivity index (χ1) is 18.1. The zero-order valence-corrected chi connectivity index (χ0v) is 21.3. The predicted octanol–water partition coefficient (Wildman–Crippen LogP) is 5.21. The van der Waals surface area contributed by atoms with Crippen LogP contribution in [0.5, 0.6) is 5.75 Å². The molecule has 0 aliphatic carbocycles. The number of aromatic nitrogens is 5. The van der Waals surface area contributed by atoms with Gasteiger partial charge in [-0.2, -0.15) is 14.6 Å². The molecule has 6 rings (SSSR count). The molecule has 7 nitrogen and oxygen atoms in total. The molecule has 4 aromatic heterocycles. The average Bonchev–Trinajstić information content (AvgIpc) is 3.70. The maximum atomic E-state index is 14.8. The summed E-state index contributed by atoms with van der Waals surface area (Å²) in [5.41, 5.74) is 2.38. The third kappa shape index (κ3) is 4.45. The monoisotopic (exact) mass is 529 g/mol. The van der Waals surface area contributed by atoms with E-state index in [9.17, 15) is 9.18 Å². The van der Waals surface area contributed by atoms with Gasteiger partial charge >= 0.3 is 0 Å². The van der Waals surface area contributed by atoms with Gasteiger partial charge in [-0.1, -0.05) is 42.5 Å². The number of ether oxygens (including phenoxy) is 1. The summed E-state index contributed by atoms with van der Waals surface area (Å²) in [5, 5.41) is 11.1. The Balaban J connectivity index is 1.47. The number of para-hydroxylation sites is 1. The number of thiazole rings is 1. The Bertz CT molecular complexity index is 1810. The summed E-state index contributed by atoms with van der Waals surface area (Å²) in [6.07, 6.45) is 4.37. The van der Waals surface area contributed by atoms with Crippen LogP contribution in [0.25, 0.3) is 38.7 Å². The van der Waals surface area contributed by atoms with Crippen molar-refractivity contribution in [3.8, 4) is 33.4 Å². The summed E-state index contributed by atoms with van der Waals surface area (Å²) >= 11 is 2.78. The lowest BCUT2D eigenvalue weighted by Crippen LogP contribution is -2.23. The molecule has 0 saturated carbocycles. The molecule has 0 aliphatic rings. The van der Waals surface area contributed by atoms with Gasteiger partial charge in [0.1, 0.15) is 5.69 Å². The Labute approximate surface area is 218 Å². The third-order valence-electron chi connectivity index (χ3n) is 5.64. The van der Waals surface area contributed by atoms with Gasteiger partial charge in [-0.15, -0.1) is 16.4 Å². The number of rotatable bonds is 7. The molecule has 0 saturated heterocycles. The van der Waals surface area contributed by atoms with Crippen LogP contribution in [0.1, 0.15) is 18.9 Å². The smallest absolute Gasteiger partial charge is 0.291 e. The van der Waals surface area contributed by atoms with Crippen LogP contribution in [-0.2, 0) is 0 Å². The fourth-order valence-electron chi connectivity index (χ4n) is 3.89.